The number of aryl methyl sites for hydroxylation is 1. The van der Waals surface area contributed by atoms with Crippen LogP contribution in [0, 0.1) is 22.1 Å². The van der Waals surface area contributed by atoms with E-state index in [1.165, 1.54) is 6.92 Å². The van der Waals surface area contributed by atoms with Crippen molar-refractivity contribution in [2.45, 2.75) is 13.0 Å². The van der Waals surface area contributed by atoms with E-state index >= 15 is 0 Å². The lowest BCUT2D eigenvalue weighted by Gasteiger charge is -2.15. The zero-order valence-electron chi connectivity index (χ0n) is 9.92. The van der Waals surface area contributed by atoms with Gasteiger partial charge >= 0.3 is 0 Å². The Kier molecular flexibility index (Phi) is 4.43. The summed E-state index contributed by atoms with van der Waals surface area (Å²) >= 11 is 7.87. The van der Waals surface area contributed by atoms with E-state index in [9.17, 15) is 13.9 Å². The first-order valence-corrected chi connectivity index (χ1v) is 6.94. The van der Waals surface area contributed by atoms with Crippen molar-refractivity contribution >= 4 is 34.2 Å². The van der Waals surface area contributed by atoms with Crippen molar-refractivity contribution in [2.24, 2.45) is 0 Å². The molecule has 1 atom stereocenters. The highest BCUT2D eigenvalue weighted by Gasteiger charge is 2.19. The lowest BCUT2D eigenvalue weighted by atomic mass is 9.99. The molecule has 2 aromatic carbocycles. The van der Waals surface area contributed by atoms with Crippen LogP contribution in [0.3, 0.4) is 0 Å². The summed E-state index contributed by atoms with van der Waals surface area (Å²) in [6, 6.07) is 7.03. The van der Waals surface area contributed by atoms with Crippen LogP contribution in [0.1, 0.15) is 22.8 Å². The number of rotatable bonds is 2. The van der Waals surface area contributed by atoms with Gasteiger partial charge in [0.1, 0.15) is 17.7 Å². The molecule has 0 aliphatic carbocycles. The summed E-state index contributed by atoms with van der Waals surface area (Å²) in [7, 11) is 0. The Morgan fingerprint density at radius 2 is 1.79 bits per heavy atom. The number of hydrogen-bond acceptors (Lipinski definition) is 1. The van der Waals surface area contributed by atoms with Gasteiger partial charge in [0.15, 0.2) is 0 Å². The van der Waals surface area contributed by atoms with Gasteiger partial charge in [0.2, 0.25) is 0 Å². The second-order valence-corrected chi connectivity index (χ2v) is 5.79. The molecule has 0 aliphatic heterocycles. The van der Waals surface area contributed by atoms with Crippen LogP contribution in [0.4, 0.5) is 8.78 Å². The Hall–Kier alpha value is -0.720. The van der Waals surface area contributed by atoms with E-state index in [1.54, 1.807) is 18.2 Å². The first kappa shape index (κ1) is 14.7. The molecule has 0 aromatic heterocycles. The highest BCUT2D eigenvalue weighted by molar-refractivity contribution is 14.1. The quantitative estimate of drug-likeness (QED) is 0.738. The van der Waals surface area contributed by atoms with Gasteiger partial charge in [-0.25, -0.2) is 8.78 Å². The first-order valence-electron chi connectivity index (χ1n) is 5.48. The summed E-state index contributed by atoms with van der Waals surface area (Å²) in [6.07, 6.45) is -1.25. The van der Waals surface area contributed by atoms with Crippen molar-refractivity contribution in [1.29, 1.82) is 0 Å². The van der Waals surface area contributed by atoms with Gasteiger partial charge < -0.3 is 5.11 Å². The largest absolute Gasteiger partial charge is 0.384 e. The van der Waals surface area contributed by atoms with Gasteiger partial charge in [-0.3, -0.25) is 0 Å². The average molecular weight is 395 g/mol. The minimum atomic E-state index is -1.25. The number of hydrogen-bond donors (Lipinski definition) is 1. The average Bonchev–Trinajstić information content (AvgIpc) is 2.36. The number of benzene rings is 2. The van der Waals surface area contributed by atoms with E-state index in [-0.39, 0.29) is 11.1 Å². The van der Waals surface area contributed by atoms with Gasteiger partial charge in [0.25, 0.3) is 0 Å². The molecular weight excluding hydrogens is 385 g/mol. The Labute approximate surface area is 128 Å². The maximum absolute atomic E-state index is 13.8. The van der Waals surface area contributed by atoms with Gasteiger partial charge in [0, 0.05) is 14.2 Å². The van der Waals surface area contributed by atoms with Crippen molar-refractivity contribution in [1.82, 2.24) is 0 Å². The van der Waals surface area contributed by atoms with Gasteiger partial charge in [-0.2, -0.15) is 0 Å². The van der Waals surface area contributed by atoms with Gasteiger partial charge in [-0.1, -0.05) is 11.6 Å². The molecule has 100 valence electrons. The lowest BCUT2D eigenvalue weighted by molar-refractivity contribution is 0.213. The smallest absolute Gasteiger partial charge is 0.129 e. The second kappa shape index (κ2) is 5.73. The molecule has 1 N–H and O–H groups in total. The van der Waals surface area contributed by atoms with Crippen LogP contribution in [-0.2, 0) is 0 Å². The summed E-state index contributed by atoms with van der Waals surface area (Å²) in [4.78, 5) is 0. The molecule has 5 heteroatoms. The second-order valence-electron chi connectivity index (χ2n) is 4.19. The zero-order chi connectivity index (χ0) is 14.2. The van der Waals surface area contributed by atoms with E-state index in [0.29, 0.717) is 10.6 Å². The Balaban J connectivity index is 2.52. The minimum Gasteiger partial charge on any atom is -0.384 e. The lowest BCUT2D eigenvalue weighted by Crippen LogP contribution is -2.06. The highest BCUT2D eigenvalue weighted by Crippen LogP contribution is 2.31. The fourth-order valence-corrected chi connectivity index (χ4v) is 2.57. The fraction of sp³-hybridized carbons (Fsp3) is 0.143. The van der Waals surface area contributed by atoms with Crippen LogP contribution in [-0.4, -0.2) is 5.11 Å². The summed E-state index contributed by atoms with van der Waals surface area (Å²) in [6.45, 7) is 1.47. The van der Waals surface area contributed by atoms with E-state index in [4.69, 9.17) is 11.6 Å². The minimum absolute atomic E-state index is 0.0942. The molecule has 0 saturated carbocycles. The van der Waals surface area contributed by atoms with Crippen molar-refractivity contribution in [3.63, 3.8) is 0 Å². The highest BCUT2D eigenvalue weighted by atomic mass is 127. The molecule has 2 aromatic rings. The van der Waals surface area contributed by atoms with Crippen LogP contribution >= 0.6 is 34.2 Å². The molecule has 0 amide bonds. The van der Waals surface area contributed by atoms with Crippen LogP contribution in [0.15, 0.2) is 30.3 Å². The van der Waals surface area contributed by atoms with Crippen LogP contribution in [0.5, 0.6) is 0 Å². The Bertz CT molecular complexity index is 631. The van der Waals surface area contributed by atoms with Gasteiger partial charge in [0.05, 0.1) is 0 Å². The van der Waals surface area contributed by atoms with Crippen molar-refractivity contribution in [3.8, 4) is 0 Å². The molecular formula is C14H10ClF2IO. The third kappa shape index (κ3) is 3.07. The SMILES string of the molecule is Cc1cc(F)c(C(O)c2cc(Cl)ccc2I)cc1F. The zero-order valence-corrected chi connectivity index (χ0v) is 12.8. The third-order valence-corrected chi connectivity index (χ3v) is 4.04. The van der Waals surface area contributed by atoms with Crippen molar-refractivity contribution in [3.05, 3.63) is 67.2 Å². The van der Waals surface area contributed by atoms with Crippen molar-refractivity contribution in [2.75, 3.05) is 0 Å². The molecule has 0 spiro atoms. The van der Waals surface area contributed by atoms with E-state index in [1.807, 2.05) is 22.6 Å². The van der Waals surface area contributed by atoms with Crippen molar-refractivity contribution < 1.29 is 13.9 Å². The molecule has 1 unspecified atom stereocenters. The normalized spacial score (nSPS) is 12.5. The maximum Gasteiger partial charge on any atom is 0.129 e. The molecule has 0 fully saturated rings. The molecule has 0 heterocycles. The Morgan fingerprint density at radius 1 is 1.11 bits per heavy atom. The number of aliphatic hydroxyl groups is 1. The van der Waals surface area contributed by atoms with E-state index in [2.05, 4.69) is 0 Å². The molecule has 0 aliphatic rings. The summed E-state index contributed by atoms with van der Waals surface area (Å²) < 4.78 is 28.1. The molecule has 1 nitrogen and oxygen atoms in total. The Morgan fingerprint density at radius 3 is 2.47 bits per heavy atom. The van der Waals surface area contributed by atoms with Gasteiger partial charge in [-0.15, -0.1) is 0 Å². The van der Waals surface area contributed by atoms with E-state index in [0.717, 1.165) is 15.7 Å². The molecule has 2 rings (SSSR count). The fourth-order valence-electron chi connectivity index (χ4n) is 1.76. The van der Waals surface area contributed by atoms with Crippen LogP contribution < -0.4 is 0 Å². The summed E-state index contributed by atoms with van der Waals surface area (Å²) in [5.74, 6) is -1.19. The standard InChI is InChI=1S/C14H10ClF2IO/c1-7-4-12(17)9(6-11(7)16)14(19)10-5-8(15)2-3-13(10)18/h2-6,14,19H,1H3. The van der Waals surface area contributed by atoms with Crippen LogP contribution in [0.2, 0.25) is 5.02 Å². The van der Waals surface area contributed by atoms with Crippen LogP contribution in [0.25, 0.3) is 0 Å². The molecule has 0 bridgehead atoms. The summed E-state index contributed by atoms with van der Waals surface area (Å²) in [5.41, 5.74) is 0.563. The van der Waals surface area contributed by atoms with Gasteiger partial charge in [-0.05, 0) is 71.0 Å². The first-order chi connectivity index (χ1) is 8.90. The third-order valence-electron chi connectivity index (χ3n) is 2.83. The molecule has 19 heavy (non-hydrogen) atoms. The molecule has 0 saturated heterocycles. The monoisotopic (exact) mass is 394 g/mol. The maximum atomic E-state index is 13.8. The number of aliphatic hydroxyl groups excluding tert-OH is 1. The topological polar surface area (TPSA) is 20.2 Å². The summed E-state index contributed by atoms with van der Waals surface area (Å²) in [5, 5.41) is 10.7. The predicted molar refractivity (Wildman–Crippen MR) is 79.3 cm³/mol. The molecule has 0 radical (unpaired) electrons. The predicted octanol–water partition coefficient (Wildman–Crippen LogP) is 4.61. The van der Waals surface area contributed by atoms with E-state index < -0.39 is 17.7 Å². The number of halogens is 4.